The second kappa shape index (κ2) is 5.40. The highest BCUT2D eigenvalue weighted by molar-refractivity contribution is 6.33. The maximum absolute atomic E-state index is 11.2. The third-order valence-electron chi connectivity index (χ3n) is 3.21. The third-order valence-corrected chi connectivity index (χ3v) is 3.54. The molecule has 1 aromatic rings. The Kier molecular flexibility index (Phi) is 3.87. The van der Waals surface area contributed by atoms with Crippen LogP contribution >= 0.6 is 11.6 Å². The van der Waals surface area contributed by atoms with E-state index in [9.17, 15) is 9.59 Å². The highest BCUT2D eigenvalue weighted by Crippen LogP contribution is 2.26. The molecule has 1 saturated heterocycles. The van der Waals surface area contributed by atoms with E-state index in [0.717, 1.165) is 25.1 Å². The number of benzene rings is 1. The molecule has 1 fully saturated rings. The first-order valence-electron chi connectivity index (χ1n) is 5.87. The summed E-state index contributed by atoms with van der Waals surface area (Å²) in [5, 5.41) is 0.469. The molecule has 0 atom stereocenters. The number of carbonyl (C=O) groups excluding carboxylic acids is 2. The van der Waals surface area contributed by atoms with Crippen LogP contribution in [0.1, 0.15) is 17.3 Å². The van der Waals surface area contributed by atoms with Crippen LogP contribution in [0.5, 0.6) is 0 Å². The van der Waals surface area contributed by atoms with Gasteiger partial charge in [0.1, 0.15) is 0 Å². The summed E-state index contributed by atoms with van der Waals surface area (Å²) in [7, 11) is 0. The van der Waals surface area contributed by atoms with Gasteiger partial charge in [0, 0.05) is 38.8 Å². The van der Waals surface area contributed by atoms with Gasteiger partial charge in [-0.05, 0) is 12.1 Å². The molecule has 96 valence electrons. The molecule has 0 aliphatic carbocycles. The second-order valence-electron chi connectivity index (χ2n) is 4.28. The van der Waals surface area contributed by atoms with Gasteiger partial charge in [-0.1, -0.05) is 17.7 Å². The minimum atomic E-state index is 0.0938. The Labute approximate surface area is 111 Å². The van der Waals surface area contributed by atoms with Gasteiger partial charge in [-0.25, -0.2) is 0 Å². The predicted octanol–water partition coefficient (Wildman–Crippen LogP) is 1.82. The topological polar surface area (TPSA) is 40.6 Å². The largest absolute Gasteiger partial charge is 0.367 e. The number of piperazine rings is 1. The van der Waals surface area contributed by atoms with Crippen LogP contribution in [0.25, 0.3) is 0 Å². The average Bonchev–Trinajstić information content (AvgIpc) is 2.38. The molecule has 1 amide bonds. The summed E-state index contributed by atoms with van der Waals surface area (Å²) >= 11 is 6.01. The zero-order valence-electron chi connectivity index (χ0n) is 10.2. The molecule has 0 aromatic heterocycles. The number of hydrogen-bond acceptors (Lipinski definition) is 3. The fraction of sp³-hybridized carbons (Fsp3) is 0.385. The van der Waals surface area contributed by atoms with Crippen LogP contribution in [0, 0.1) is 0 Å². The van der Waals surface area contributed by atoms with Crippen LogP contribution in [-0.2, 0) is 4.79 Å². The Morgan fingerprint density at radius 1 is 1.28 bits per heavy atom. The van der Waals surface area contributed by atoms with Gasteiger partial charge >= 0.3 is 0 Å². The van der Waals surface area contributed by atoms with Crippen LogP contribution in [0.3, 0.4) is 0 Å². The molecule has 1 heterocycles. The van der Waals surface area contributed by atoms with E-state index in [2.05, 4.69) is 4.90 Å². The van der Waals surface area contributed by atoms with E-state index in [1.165, 1.54) is 0 Å². The number of halogens is 1. The van der Waals surface area contributed by atoms with Gasteiger partial charge in [0.15, 0.2) is 6.29 Å². The maximum Gasteiger partial charge on any atom is 0.219 e. The number of carbonyl (C=O) groups is 2. The number of rotatable bonds is 2. The standard InChI is InChI=1S/C13H15ClN2O2/c1-10(18)15-5-7-16(8-6-15)13-4-2-3-12(14)11(13)9-17/h2-4,9H,5-8H2,1H3. The summed E-state index contributed by atoms with van der Waals surface area (Å²) in [6, 6.07) is 5.43. The lowest BCUT2D eigenvalue weighted by Crippen LogP contribution is -2.48. The quantitative estimate of drug-likeness (QED) is 0.767. The predicted molar refractivity (Wildman–Crippen MR) is 71.3 cm³/mol. The molecule has 0 N–H and O–H groups in total. The fourth-order valence-electron chi connectivity index (χ4n) is 2.18. The first-order valence-corrected chi connectivity index (χ1v) is 6.25. The molecule has 0 radical (unpaired) electrons. The SMILES string of the molecule is CC(=O)N1CCN(c2cccc(Cl)c2C=O)CC1. The van der Waals surface area contributed by atoms with E-state index in [0.29, 0.717) is 23.7 Å². The average molecular weight is 267 g/mol. The molecule has 0 saturated carbocycles. The van der Waals surface area contributed by atoms with Crippen LogP contribution in [0.15, 0.2) is 18.2 Å². The molecule has 18 heavy (non-hydrogen) atoms. The van der Waals surface area contributed by atoms with Gasteiger partial charge in [-0.2, -0.15) is 0 Å². The van der Waals surface area contributed by atoms with Crippen molar-refractivity contribution in [1.82, 2.24) is 4.90 Å². The Hall–Kier alpha value is -1.55. The maximum atomic E-state index is 11.2. The normalized spacial score (nSPS) is 15.7. The first-order chi connectivity index (χ1) is 8.63. The van der Waals surface area contributed by atoms with Crippen molar-refractivity contribution in [2.24, 2.45) is 0 Å². The Morgan fingerprint density at radius 2 is 1.94 bits per heavy atom. The molecule has 4 nitrogen and oxygen atoms in total. The highest BCUT2D eigenvalue weighted by Gasteiger charge is 2.21. The summed E-state index contributed by atoms with van der Waals surface area (Å²) in [6.07, 6.45) is 0.787. The molecular weight excluding hydrogens is 252 g/mol. The lowest BCUT2D eigenvalue weighted by molar-refractivity contribution is -0.129. The van der Waals surface area contributed by atoms with E-state index in [1.807, 2.05) is 17.0 Å². The summed E-state index contributed by atoms with van der Waals surface area (Å²) in [4.78, 5) is 26.2. The van der Waals surface area contributed by atoms with Crippen LogP contribution in [0.4, 0.5) is 5.69 Å². The fourth-order valence-corrected chi connectivity index (χ4v) is 2.39. The van der Waals surface area contributed by atoms with Crippen LogP contribution in [-0.4, -0.2) is 43.3 Å². The van der Waals surface area contributed by atoms with E-state index >= 15 is 0 Å². The Morgan fingerprint density at radius 3 is 2.50 bits per heavy atom. The van der Waals surface area contributed by atoms with Crippen molar-refractivity contribution in [2.45, 2.75) is 6.92 Å². The lowest BCUT2D eigenvalue weighted by Gasteiger charge is -2.36. The van der Waals surface area contributed by atoms with E-state index in [4.69, 9.17) is 11.6 Å². The van der Waals surface area contributed by atoms with Crippen LogP contribution < -0.4 is 4.90 Å². The highest BCUT2D eigenvalue weighted by atomic mass is 35.5. The van der Waals surface area contributed by atoms with Crippen LogP contribution in [0.2, 0.25) is 5.02 Å². The van der Waals surface area contributed by atoms with E-state index in [1.54, 1.807) is 13.0 Å². The van der Waals surface area contributed by atoms with Crippen molar-refractivity contribution in [3.8, 4) is 0 Å². The Balaban J connectivity index is 2.17. The summed E-state index contributed by atoms with van der Waals surface area (Å²) < 4.78 is 0. The van der Waals surface area contributed by atoms with Gasteiger partial charge < -0.3 is 9.80 Å². The van der Waals surface area contributed by atoms with Crippen molar-refractivity contribution >= 4 is 29.5 Å². The molecule has 1 aliphatic rings. The molecule has 2 rings (SSSR count). The molecular formula is C13H15ClN2O2. The minimum absolute atomic E-state index is 0.0938. The number of hydrogen-bond donors (Lipinski definition) is 0. The van der Waals surface area contributed by atoms with Gasteiger partial charge in [0.25, 0.3) is 0 Å². The Bertz CT molecular complexity index is 468. The van der Waals surface area contributed by atoms with Gasteiger partial charge in [-0.15, -0.1) is 0 Å². The summed E-state index contributed by atoms with van der Waals surface area (Å²) in [6.45, 7) is 4.38. The van der Waals surface area contributed by atoms with E-state index in [-0.39, 0.29) is 5.91 Å². The molecule has 1 aromatic carbocycles. The number of nitrogens with zero attached hydrogens (tertiary/aromatic N) is 2. The van der Waals surface area contributed by atoms with Crippen molar-refractivity contribution in [1.29, 1.82) is 0 Å². The zero-order chi connectivity index (χ0) is 13.1. The number of anilines is 1. The zero-order valence-corrected chi connectivity index (χ0v) is 11.0. The molecule has 1 aliphatic heterocycles. The van der Waals surface area contributed by atoms with Crippen molar-refractivity contribution in [2.75, 3.05) is 31.1 Å². The molecule has 5 heteroatoms. The first kappa shape index (κ1) is 12.9. The van der Waals surface area contributed by atoms with Gasteiger partial charge in [0.05, 0.1) is 10.6 Å². The molecule has 0 spiro atoms. The number of amides is 1. The lowest BCUT2D eigenvalue weighted by atomic mass is 10.1. The van der Waals surface area contributed by atoms with E-state index < -0.39 is 0 Å². The van der Waals surface area contributed by atoms with Crippen molar-refractivity contribution in [3.05, 3.63) is 28.8 Å². The smallest absolute Gasteiger partial charge is 0.219 e. The number of aldehydes is 1. The van der Waals surface area contributed by atoms with Crippen molar-refractivity contribution in [3.63, 3.8) is 0 Å². The summed E-state index contributed by atoms with van der Waals surface area (Å²) in [5.74, 6) is 0.0938. The molecule has 0 bridgehead atoms. The second-order valence-corrected chi connectivity index (χ2v) is 4.69. The summed E-state index contributed by atoms with van der Waals surface area (Å²) in [5.41, 5.74) is 1.37. The minimum Gasteiger partial charge on any atom is -0.367 e. The molecule has 0 unspecified atom stereocenters. The monoisotopic (exact) mass is 266 g/mol. The van der Waals surface area contributed by atoms with Gasteiger partial charge in [0.2, 0.25) is 5.91 Å². The third kappa shape index (κ3) is 2.48. The van der Waals surface area contributed by atoms with Gasteiger partial charge in [-0.3, -0.25) is 9.59 Å². The van der Waals surface area contributed by atoms with Crippen molar-refractivity contribution < 1.29 is 9.59 Å².